The maximum atomic E-state index is 11.9. The highest BCUT2D eigenvalue weighted by molar-refractivity contribution is 6.42. The molecule has 0 saturated carbocycles. The van der Waals surface area contributed by atoms with Crippen LogP contribution in [0.15, 0.2) is 11.8 Å². The summed E-state index contributed by atoms with van der Waals surface area (Å²) >= 11 is 0. The predicted octanol–water partition coefficient (Wildman–Crippen LogP) is -0.593. The lowest BCUT2D eigenvalue weighted by Gasteiger charge is -2.03. The Balaban J connectivity index is 4.20. The summed E-state index contributed by atoms with van der Waals surface area (Å²) < 4.78 is 23.7. The summed E-state index contributed by atoms with van der Waals surface area (Å²) in [6.07, 6.45) is -2.22. The first-order valence-corrected chi connectivity index (χ1v) is 3.75. The van der Waals surface area contributed by atoms with Crippen molar-refractivity contribution in [1.82, 2.24) is 10.6 Å². The Bertz CT molecular complexity index is 252. The summed E-state index contributed by atoms with van der Waals surface area (Å²) in [5, 5.41) is 11.9. The Labute approximate surface area is 79.9 Å². The van der Waals surface area contributed by atoms with E-state index in [1.807, 2.05) is 0 Å². The molecule has 0 aromatic carbocycles. The molecular formula is C7H12F2N4O. The summed E-state index contributed by atoms with van der Waals surface area (Å²) in [7, 11) is 1.59. The molecule has 0 aliphatic rings. The van der Waals surface area contributed by atoms with Crippen molar-refractivity contribution in [2.45, 2.75) is 6.43 Å². The maximum Gasteiger partial charge on any atom is 0.277 e. The van der Waals surface area contributed by atoms with Gasteiger partial charge in [0, 0.05) is 0 Å². The number of hydrogen-bond acceptors (Lipinski definition) is 4. The number of carbonyl (C=O) groups is 1. The van der Waals surface area contributed by atoms with Gasteiger partial charge in [0.05, 0.1) is 12.4 Å². The number of rotatable bonds is 5. The highest BCUT2D eigenvalue weighted by atomic mass is 19.3. The van der Waals surface area contributed by atoms with Crippen molar-refractivity contribution < 1.29 is 13.6 Å². The molecule has 80 valence electrons. The highest BCUT2D eigenvalue weighted by Crippen LogP contribution is 2.00. The lowest BCUT2D eigenvalue weighted by atomic mass is 10.3. The number of nitrogens with one attached hydrogen (secondary N) is 3. The molecule has 0 radical (unpaired) electrons. The molecule has 5 nitrogen and oxygen atoms in total. The van der Waals surface area contributed by atoms with Crippen molar-refractivity contribution in [1.29, 1.82) is 5.41 Å². The molecular weight excluding hydrogens is 194 g/mol. The van der Waals surface area contributed by atoms with E-state index in [4.69, 9.17) is 11.1 Å². The molecule has 0 aromatic rings. The Morgan fingerprint density at radius 2 is 2.21 bits per heavy atom. The van der Waals surface area contributed by atoms with Crippen molar-refractivity contribution in [3.05, 3.63) is 11.8 Å². The van der Waals surface area contributed by atoms with Gasteiger partial charge in [0.1, 0.15) is 5.71 Å². The number of halogens is 2. The van der Waals surface area contributed by atoms with Crippen molar-refractivity contribution in [2.24, 2.45) is 5.73 Å². The van der Waals surface area contributed by atoms with E-state index in [0.29, 0.717) is 6.08 Å². The number of nitrogens with two attached hydrogens (primary N) is 1. The molecule has 7 heteroatoms. The molecule has 0 heterocycles. The molecule has 1 amide bonds. The summed E-state index contributed by atoms with van der Waals surface area (Å²) in [4.78, 5) is 10.9. The van der Waals surface area contributed by atoms with Crippen LogP contribution >= 0.6 is 0 Å². The van der Waals surface area contributed by atoms with E-state index >= 15 is 0 Å². The third-order valence-corrected chi connectivity index (χ3v) is 1.23. The Hall–Kier alpha value is -1.50. The van der Waals surface area contributed by atoms with Gasteiger partial charge < -0.3 is 16.4 Å². The van der Waals surface area contributed by atoms with Gasteiger partial charge in [-0.15, -0.1) is 0 Å². The summed E-state index contributed by atoms with van der Waals surface area (Å²) in [5.41, 5.74) is 3.46. The first kappa shape index (κ1) is 12.5. The van der Waals surface area contributed by atoms with E-state index in [1.54, 1.807) is 7.05 Å². The number of carbonyl (C=O) groups excluding carboxylic acids is 1. The molecule has 0 spiro atoms. The molecule has 0 saturated heterocycles. The van der Waals surface area contributed by atoms with Gasteiger partial charge in [-0.3, -0.25) is 10.2 Å². The van der Waals surface area contributed by atoms with Crippen LogP contribution in [0.2, 0.25) is 0 Å². The van der Waals surface area contributed by atoms with Crippen molar-refractivity contribution in [3.8, 4) is 0 Å². The van der Waals surface area contributed by atoms with Crippen LogP contribution in [0.3, 0.4) is 0 Å². The SMILES string of the molecule is CNCNC(=O)C(=N)/C=C(\N)C(F)F. The molecule has 0 fully saturated rings. The second-order valence-corrected chi connectivity index (χ2v) is 2.39. The van der Waals surface area contributed by atoms with Gasteiger partial charge in [-0.2, -0.15) is 0 Å². The number of allylic oxidation sites excluding steroid dienone is 1. The monoisotopic (exact) mass is 206 g/mol. The van der Waals surface area contributed by atoms with E-state index in [1.165, 1.54) is 0 Å². The minimum atomic E-state index is -2.85. The van der Waals surface area contributed by atoms with Crippen LogP contribution in [0, 0.1) is 5.41 Å². The molecule has 0 rings (SSSR count). The zero-order chi connectivity index (χ0) is 11.1. The van der Waals surface area contributed by atoms with Gasteiger partial charge in [-0.1, -0.05) is 0 Å². The zero-order valence-electron chi connectivity index (χ0n) is 7.60. The fourth-order valence-corrected chi connectivity index (χ4v) is 0.559. The number of hydrogen-bond donors (Lipinski definition) is 4. The van der Waals surface area contributed by atoms with Gasteiger partial charge in [0.25, 0.3) is 12.3 Å². The third-order valence-electron chi connectivity index (χ3n) is 1.23. The molecule has 0 atom stereocenters. The van der Waals surface area contributed by atoms with E-state index in [9.17, 15) is 13.6 Å². The second-order valence-electron chi connectivity index (χ2n) is 2.39. The largest absolute Gasteiger partial charge is 0.397 e. The van der Waals surface area contributed by atoms with Crippen molar-refractivity contribution in [3.63, 3.8) is 0 Å². The molecule has 14 heavy (non-hydrogen) atoms. The van der Waals surface area contributed by atoms with Gasteiger partial charge >= 0.3 is 0 Å². The Kier molecular flexibility index (Phi) is 5.38. The lowest BCUT2D eigenvalue weighted by Crippen LogP contribution is -2.36. The van der Waals surface area contributed by atoms with Crippen LogP contribution in [0.4, 0.5) is 8.78 Å². The average molecular weight is 206 g/mol. The predicted molar refractivity (Wildman–Crippen MR) is 48.1 cm³/mol. The standard InChI is InChI=1S/C7H12F2N4O/c1-12-3-13-7(14)5(11)2-4(10)6(8)9/h2,6,11-12H,3,10H2,1H3,(H,13,14)/b4-2-,11-5?. The van der Waals surface area contributed by atoms with E-state index in [-0.39, 0.29) is 6.67 Å². The van der Waals surface area contributed by atoms with Crippen LogP contribution in [0.1, 0.15) is 0 Å². The maximum absolute atomic E-state index is 11.9. The first-order valence-electron chi connectivity index (χ1n) is 3.75. The van der Waals surface area contributed by atoms with Gasteiger partial charge in [-0.05, 0) is 13.1 Å². The van der Waals surface area contributed by atoms with Gasteiger partial charge in [0.15, 0.2) is 0 Å². The second kappa shape index (κ2) is 6.03. The fourth-order valence-electron chi connectivity index (χ4n) is 0.559. The third kappa shape index (κ3) is 4.51. The molecule has 0 aromatic heterocycles. The van der Waals surface area contributed by atoms with E-state index < -0.39 is 23.7 Å². The molecule has 0 unspecified atom stereocenters. The minimum absolute atomic E-state index is 0.156. The Morgan fingerprint density at radius 3 is 2.64 bits per heavy atom. The minimum Gasteiger partial charge on any atom is -0.397 e. The molecule has 0 aliphatic carbocycles. The van der Waals surface area contributed by atoms with Crippen LogP contribution in [-0.2, 0) is 4.79 Å². The van der Waals surface area contributed by atoms with Gasteiger partial charge in [0.2, 0.25) is 0 Å². The normalized spacial score (nSPS) is 11.6. The smallest absolute Gasteiger partial charge is 0.277 e. The number of amides is 1. The first-order chi connectivity index (χ1) is 6.49. The summed E-state index contributed by atoms with van der Waals surface area (Å²) in [5.74, 6) is -0.761. The summed E-state index contributed by atoms with van der Waals surface area (Å²) in [6, 6.07) is 0. The van der Waals surface area contributed by atoms with Crippen LogP contribution in [-0.4, -0.2) is 31.8 Å². The molecule has 0 bridgehead atoms. The molecule has 0 aliphatic heterocycles. The van der Waals surface area contributed by atoms with Crippen LogP contribution < -0.4 is 16.4 Å². The van der Waals surface area contributed by atoms with Gasteiger partial charge in [-0.25, -0.2) is 8.78 Å². The van der Waals surface area contributed by atoms with E-state index in [2.05, 4.69) is 10.6 Å². The van der Waals surface area contributed by atoms with Crippen molar-refractivity contribution >= 4 is 11.6 Å². The number of alkyl halides is 2. The molecule has 5 N–H and O–H groups in total. The Morgan fingerprint density at radius 1 is 1.64 bits per heavy atom. The zero-order valence-corrected chi connectivity index (χ0v) is 7.60. The van der Waals surface area contributed by atoms with Crippen LogP contribution in [0.5, 0.6) is 0 Å². The summed E-state index contributed by atoms with van der Waals surface area (Å²) in [6.45, 7) is 0.156. The van der Waals surface area contributed by atoms with Crippen LogP contribution in [0.25, 0.3) is 0 Å². The highest BCUT2D eigenvalue weighted by Gasteiger charge is 2.10. The topological polar surface area (TPSA) is 91.0 Å². The quantitative estimate of drug-likeness (QED) is 0.358. The average Bonchev–Trinajstić information content (AvgIpc) is 2.13. The lowest BCUT2D eigenvalue weighted by molar-refractivity contribution is -0.114. The van der Waals surface area contributed by atoms with E-state index in [0.717, 1.165) is 0 Å². The fraction of sp³-hybridized carbons (Fsp3) is 0.429. The van der Waals surface area contributed by atoms with Crippen molar-refractivity contribution in [2.75, 3.05) is 13.7 Å².